The summed E-state index contributed by atoms with van der Waals surface area (Å²) in [5, 5.41) is 0. The molecule has 0 aliphatic heterocycles. The third-order valence-corrected chi connectivity index (χ3v) is 7.10. The zero-order valence-corrected chi connectivity index (χ0v) is 19.6. The maximum absolute atomic E-state index is 12.1. The Balaban J connectivity index is 0.00000240. The Morgan fingerprint density at radius 1 is 0.677 bits per heavy atom. The quantitative estimate of drug-likeness (QED) is 0.202. The van der Waals surface area contributed by atoms with Crippen molar-refractivity contribution >= 4 is 15.2 Å². The van der Waals surface area contributed by atoms with Crippen molar-refractivity contribution in [3.05, 3.63) is 84.9 Å². The first kappa shape index (κ1) is 27.4. The molecule has 0 spiro atoms. The average molecular weight is 507 g/mol. The van der Waals surface area contributed by atoms with E-state index in [4.69, 9.17) is 0 Å². The van der Waals surface area contributed by atoms with Crippen molar-refractivity contribution in [3.8, 4) is 11.1 Å². The fourth-order valence-corrected chi connectivity index (χ4v) is 4.58. The molecule has 2 unspecified atom stereocenters. The van der Waals surface area contributed by atoms with E-state index in [1.54, 1.807) is 79.4 Å². The lowest BCUT2D eigenvalue weighted by atomic mass is 10.1. The first-order valence-corrected chi connectivity index (χ1v) is 12.1. The van der Waals surface area contributed by atoms with Crippen molar-refractivity contribution in [1.29, 1.82) is 0 Å². The number of halogens is 2. The van der Waals surface area contributed by atoms with Crippen molar-refractivity contribution in [1.82, 2.24) is 0 Å². The highest BCUT2D eigenvalue weighted by atomic mass is 35.5. The summed E-state index contributed by atoms with van der Waals surface area (Å²) >= 11 is 0. The lowest BCUT2D eigenvalue weighted by Crippen LogP contribution is -3.00. The molecule has 4 N–H and O–H groups in total. The smallest absolute Gasteiger partial charge is 0.398 e. The summed E-state index contributed by atoms with van der Waals surface area (Å²) in [6.07, 6.45) is 6.38. The lowest BCUT2D eigenvalue weighted by Gasteiger charge is -2.14. The van der Waals surface area contributed by atoms with Crippen LogP contribution in [0.5, 0.6) is 0 Å². The van der Waals surface area contributed by atoms with Gasteiger partial charge < -0.3 is 44.4 Å². The molecule has 2 atom stereocenters. The molecule has 0 radical (unpaired) electrons. The van der Waals surface area contributed by atoms with Crippen LogP contribution in [-0.4, -0.2) is 19.6 Å². The Kier molecular flexibility index (Phi) is 9.57. The van der Waals surface area contributed by atoms with Gasteiger partial charge in [0.15, 0.2) is 24.8 Å². The van der Waals surface area contributed by atoms with E-state index in [0.717, 1.165) is 11.1 Å². The van der Waals surface area contributed by atoms with Crippen LogP contribution in [0.15, 0.2) is 79.4 Å². The number of nitrogens with zero attached hydrogens (tertiary/aromatic N) is 2. The van der Waals surface area contributed by atoms with Gasteiger partial charge in [-0.25, -0.2) is 0 Å². The molecule has 0 saturated heterocycles. The van der Waals surface area contributed by atoms with Gasteiger partial charge in [-0.3, -0.25) is 9.13 Å². The van der Waals surface area contributed by atoms with E-state index in [0.29, 0.717) is 5.56 Å². The molecule has 31 heavy (non-hydrogen) atoms. The van der Waals surface area contributed by atoms with E-state index in [-0.39, 0.29) is 24.8 Å². The molecule has 168 valence electrons. The van der Waals surface area contributed by atoms with Gasteiger partial charge >= 0.3 is 15.2 Å². The van der Waals surface area contributed by atoms with Gasteiger partial charge in [-0.1, -0.05) is 30.3 Å². The van der Waals surface area contributed by atoms with Crippen LogP contribution < -0.4 is 33.9 Å². The van der Waals surface area contributed by atoms with E-state index >= 15 is 0 Å². The fourth-order valence-electron chi connectivity index (χ4n) is 3.01. The van der Waals surface area contributed by atoms with Crippen LogP contribution >= 0.6 is 15.2 Å². The molecule has 3 aromatic rings. The van der Waals surface area contributed by atoms with Crippen LogP contribution in [0.2, 0.25) is 0 Å². The molecular weight excluding hydrogens is 485 g/mol. The Morgan fingerprint density at radius 2 is 1.10 bits per heavy atom. The first-order chi connectivity index (χ1) is 13.6. The predicted molar refractivity (Wildman–Crippen MR) is 106 cm³/mol. The van der Waals surface area contributed by atoms with E-state index in [9.17, 15) is 28.7 Å². The van der Waals surface area contributed by atoms with Gasteiger partial charge in [-0.15, -0.1) is 0 Å². The lowest BCUT2D eigenvalue weighted by molar-refractivity contribution is -0.701. The molecule has 8 nitrogen and oxygen atoms in total. The summed E-state index contributed by atoms with van der Waals surface area (Å²) in [5.41, 5.74) is 2.11. The van der Waals surface area contributed by atoms with Crippen molar-refractivity contribution < 1.29 is 62.7 Å². The van der Waals surface area contributed by atoms with Gasteiger partial charge in [0.2, 0.25) is 0 Å². The second-order valence-electron chi connectivity index (χ2n) is 6.66. The summed E-state index contributed by atoms with van der Waals surface area (Å²) in [4.78, 5) is 38.3. The maximum Gasteiger partial charge on any atom is 0.398 e. The highest BCUT2D eigenvalue weighted by Crippen LogP contribution is 2.49. The topological polar surface area (TPSA) is 123 Å². The molecule has 0 aliphatic rings. The van der Waals surface area contributed by atoms with Crippen molar-refractivity contribution in [2.45, 2.75) is 18.5 Å². The van der Waals surface area contributed by atoms with Crippen molar-refractivity contribution in [2.75, 3.05) is 0 Å². The van der Waals surface area contributed by atoms with Crippen LogP contribution in [0.3, 0.4) is 0 Å². The number of hydrogen-bond acceptors (Lipinski definition) is 2. The monoisotopic (exact) mass is 506 g/mol. The third-order valence-electron chi connectivity index (χ3n) is 4.66. The molecule has 2 aromatic heterocycles. The van der Waals surface area contributed by atoms with E-state index < -0.39 is 26.8 Å². The van der Waals surface area contributed by atoms with Gasteiger partial charge in [0.05, 0.1) is 0 Å². The Labute approximate surface area is 192 Å². The normalized spacial score (nSPS) is 13.5. The molecule has 0 aliphatic carbocycles. The van der Waals surface area contributed by atoms with Crippen LogP contribution in [0.1, 0.15) is 24.1 Å². The molecule has 1 aromatic carbocycles. The van der Waals surface area contributed by atoms with Crippen molar-refractivity contribution in [3.63, 3.8) is 0 Å². The zero-order valence-electron chi connectivity index (χ0n) is 16.3. The van der Waals surface area contributed by atoms with Gasteiger partial charge in [-0.2, -0.15) is 9.13 Å². The third kappa shape index (κ3) is 6.69. The molecule has 2 heterocycles. The van der Waals surface area contributed by atoms with Crippen LogP contribution in [0.25, 0.3) is 11.1 Å². The highest BCUT2D eigenvalue weighted by Gasteiger charge is 2.39. The summed E-state index contributed by atoms with van der Waals surface area (Å²) in [7, 11) is -8.70. The fraction of sp³-hybridized carbons (Fsp3) is 0.158. The summed E-state index contributed by atoms with van der Waals surface area (Å²) in [6.45, 7) is 1.44. The summed E-state index contributed by atoms with van der Waals surface area (Å²) in [6, 6.07) is 15.5. The highest BCUT2D eigenvalue weighted by molar-refractivity contribution is 7.52. The Hall–Kier alpha value is -1.60. The number of benzene rings is 1. The van der Waals surface area contributed by atoms with Crippen molar-refractivity contribution in [2.24, 2.45) is 0 Å². The molecular formula is C19H22Cl2N2O6P2. The first-order valence-electron chi connectivity index (χ1n) is 8.75. The zero-order chi connectivity index (χ0) is 21.2. The minimum absolute atomic E-state index is 0. The second kappa shape index (κ2) is 10.8. The second-order valence-corrected chi connectivity index (χ2v) is 10.3. The van der Waals surface area contributed by atoms with Gasteiger partial charge in [-0.05, 0) is 11.1 Å². The summed E-state index contributed by atoms with van der Waals surface area (Å²) in [5.74, 6) is -2.09. The minimum atomic E-state index is -4.45. The van der Waals surface area contributed by atoms with Gasteiger partial charge in [0.1, 0.15) is 0 Å². The molecule has 0 saturated carbocycles. The molecule has 0 amide bonds. The molecule has 12 heteroatoms. The number of aromatic nitrogens is 2. The maximum atomic E-state index is 12.1. The Morgan fingerprint density at radius 3 is 1.48 bits per heavy atom. The summed E-state index contributed by atoms with van der Waals surface area (Å²) < 4.78 is 26.4. The molecule has 0 bridgehead atoms. The Bertz CT molecular complexity index is 1070. The minimum Gasteiger partial charge on any atom is -1.00 e. The number of hydrogen-bond donors (Lipinski definition) is 4. The molecule has 3 rings (SSSR count). The van der Waals surface area contributed by atoms with E-state index in [2.05, 4.69) is 0 Å². The predicted octanol–water partition coefficient (Wildman–Crippen LogP) is -3.64. The SMILES string of the molecule is CC([n+]1ccc(-c2cc[n+](C(c3ccccc3)P(=O)(O)O)cc2)cc1)P(=O)(O)O.[Cl-].[Cl-]. The van der Waals surface area contributed by atoms with E-state index in [1.807, 2.05) is 0 Å². The average Bonchev–Trinajstić information content (AvgIpc) is 2.67. The van der Waals surface area contributed by atoms with Crippen LogP contribution in [-0.2, 0) is 9.13 Å². The number of pyridine rings is 2. The molecule has 0 fully saturated rings. The largest absolute Gasteiger partial charge is 1.00 e. The van der Waals surface area contributed by atoms with Crippen LogP contribution in [0.4, 0.5) is 0 Å². The van der Waals surface area contributed by atoms with Crippen LogP contribution in [0, 0.1) is 0 Å². The van der Waals surface area contributed by atoms with E-state index in [1.165, 1.54) is 16.1 Å². The van der Waals surface area contributed by atoms with Gasteiger partial charge in [0.25, 0.3) is 11.6 Å². The number of rotatable bonds is 6. The standard InChI is InChI=1S/C19H20N2O6P2.2ClH/c1-15(28(22,23)24)20-11-7-16(8-12-20)17-9-13-21(14-10-17)19(29(25,26)27)18-5-3-2-4-6-18;;/h2-15,19H,1H3,(H2-2,22,23,24,25,26,27);2*1H. The van der Waals surface area contributed by atoms with Gasteiger partial charge in [0, 0.05) is 36.8 Å².